The lowest BCUT2D eigenvalue weighted by atomic mass is 10.1. The second kappa shape index (κ2) is 8.99. The standard InChI is InChI=1S/C20H27N3O4/c24-17-9-4-5-10-23(17)15-18(25)21-11-6-12-22(14-13-21)20(27)19(26)16-7-2-1-3-8-16/h1-3,7-8,19,26H,4-6,9-15H2. The monoisotopic (exact) mass is 373 g/mol. The lowest BCUT2D eigenvalue weighted by Crippen LogP contribution is -2.46. The molecule has 0 aromatic heterocycles. The van der Waals surface area contributed by atoms with Crippen LogP contribution in [0.4, 0.5) is 0 Å². The maximum atomic E-state index is 12.6. The summed E-state index contributed by atoms with van der Waals surface area (Å²) in [4.78, 5) is 42.1. The Bertz CT molecular complexity index is 679. The fraction of sp³-hybridized carbons (Fsp3) is 0.550. The fourth-order valence-corrected chi connectivity index (χ4v) is 3.63. The number of benzene rings is 1. The third kappa shape index (κ3) is 4.86. The second-order valence-electron chi connectivity index (χ2n) is 7.15. The predicted molar refractivity (Wildman–Crippen MR) is 99.6 cm³/mol. The number of aliphatic hydroxyl groups is 1. The van der Waals surface area contributed by atoms with Crippen LogP contribution in [0.1, 0.15) is 37.4 Å². The Balaban J connectivity index is 1.54. The molecule has 146 valence electrons. The van der Waals surface area contributed by atoms with Crippen LogP contribution in [0.3, 0.4) is 0 Å². The van der Waals surface area contributed by atoms with E-state index in [4.69, 9.17) is 0 Å². The Labute approximate surface area is 159 Å². The molecule has 2 fully saturated rings. The van der Waals surface area contributed by atoms with Gasteiger partial charge in [-0.05, 0) is 24.8 Å². The largest absolute Gasteiger partial charge is 0.378 e. The van der Waals surface area contributed by atoms with Crippen molar-refractivity contribution in [2.75, 3.05) is 39.3 Å². The highest BCUT2D eigenvalue weighted by Crippen LogP contribution is 2.17. The van der Waals surface area contributed by atoms with Crippen LogP contribution in [0, 0.1) is 0 Å². The van der Waals surface area contributed by atoms with Crippen molar-refractivity contribution in [2.45, 2.75) is 31.8 Å². The average molecular weight is 373 g/mol. The Kier molecular flexibility index (Phi) is 6.45. The number of rotatable bonds is 4. The van der Waals surface area contributed by atoms with E-state index in [0.29, 0.717) is 51.1 Å². The zero-order chi connectivity index (χ0) is 19.2. The van der Waals surface area contributed by atoms with Crippen LogP contribution in [0.25, 0.3) is 0 Å². The summed E-state index contributed by atoms with van der Waals surface area (Å²) in [6.07, 6.45) is 1.84. The third-order valence-electron chi connectivity index (χ3n) is 5.26. The smallest absolute Gasteiger partial charge is 0.256 e. The van der Waals surface area contributed by atoms with Crippen LogP contribution < -0.4 is 0 Å². The Hall–Kier alpha value is -2.41. The van der Waals surface area contributed by atoms with Crippen LogP contribution in [0.5, 0.6) is 0 Å². The summed E-state index contributed by atoms with van der Waals surface area (Å²) in [6, 6.07) is 8.87. The first-order chi connectivity index (χ1) is 13.1. The zero-order valence-electron chi connectivity index (χ0n) is 15.5. The molecule has 7 heteroatoms. The molecule has 0 bridgehead atoms. The van der Waals surface area contributed by atoms with Gasteiger partial charge < -0.3 is 19.8 Å². The van der Waals surface area contributed by atoms with E-state index in [2.05, 4.69) is 0 Å². The van der Waals surface area contributed by atoms with Gasteiger partial charge in [0.05, 0.1) is 6.54 Å². The van der Waals surface area contributed by atoms with Gasteiger partial charge in [0.2, 0.25) is 11.8 Å². The van der Waals surface area contributed by atoms with Gasteiger partial charge in [0.1, 0.15) is 0 Å². The predicted octanol–water partition coefficient (Wildman–Crippen LogP) is 0.793. The molecule has 3 rings (SSSR count). The van der Waals surface area contributed by atoms with Gasteiger partial charge in [0.25, 0.3) is 5.91 Å². The minimum atomic E-state index is -1.18. The number of amides is 3. The number of hydrogen-bond donors (Lipinski definition) is 1. The normalized spacial score (nSPS) is 19.6. The van der Waals surface area contributed by atoms with Gasteiger partial charge in [-0.25, -0.2) is 0 Å². The molecule has 0 aliphatic carbocycles. The van der Waals surface area contributed by atoms with Crippen LogP contribution in [-0.2, 0) is 14.4 Å². The Morgan fingerprint density at radius 3 is 2.37 bits per heavy atom. The van der Waals surface area contributed by atoms with E-state index in [1.807, 2.05) is 6.07 Å². The van der Waals surface area contributed by atoms with Crippen molar-refractivity contribution >= 4 is 17.7 Å². The Morgan fingerprint density at radius 2 is 1.63 bits per heavy atom. The van der Waals surface area contributed by atoms with Crippen molar-refractivity contribution < 1.29 is 19.5 Å². The van der Waals surface area contributed by atoms with Gasteiger partial charge in [0, 0.05) is 39.1 Å². The fourth-order valence-electron chi connectivity index (χ4n) is 3.63. The van der Waals surface area contributed by atoms with Gasteiger partial charge in [-0.1, -0.05) is 30.3 Å². The van der Waals surface area contributed by atoms with Gasteiger partial charge in [-0.15, -0.1) is 0 Å². The minimum Gasteiger partial charge on any atom is -0.378 e. The number of hydrogen-bond acceptors (Lipinski definition) is 4. The van der Waals surface area contributed by atoms with Crippen LogP contribution in [-0.4, -0.2) is 76.8 Å². The summed E-state index contributed by atoms with van der Waals surface area (Å²) in [5, 5.41) is 10.3. The van der Waals surface area contributed by atoms with E-state index in [1.54, 1.807) is 39.0 Å². The molecule has 0 saturated carbocycles. The number of carbonyl (C=O) groups is 3. The molecule has 2 aliphatic heterocycles. The summed E-state index contributed by atoms with van der Waals surface area (Å²) in [6.45, 7) is 2.66. The zero-order valence-corrected chi connectivity index (χ0v) is 15.5. The van der Waals surface area contributed by atoms with E-state index >= 15 is 0 Å². The summed E-state index contributed by atoms with van der Waals surface area (Å²) in [5.41, 5.74) is 0.572. The van der Waals surface area contributed by atoms with Crippen LogP contribution in [0.2, 0.25) is 0 Å². The Morgan fingerprint density at radius 1 is 0.926 bits per heavy atom. The first-order valence-corrected chi connectivity index (χ1v) is 9.63. The van der Waals surface area contributed by atoms with Crippen molar-refractivity contribution in [1.29, 1.82) is 0 Å². The van der Waals surface area contributed by atoms with Gasteiger partial charge in [0.15, 0.2) is 6.10 Å². The van der Waals surface area contributed by atoms with Crippen LogP contribution in [0.15, 0.2) is 30.3 Å². The highest BCUT2D eigenvalue weighted by Gasteiger charge is 2.28. The maximum absolute atomic E-state index is 12.6. The molecular formula is C20H27N3O4. The minimum absolute atomic E-state index is 0.0483. The van der Waals surface area contributed by atoms with Crippen molar-refractivity contribution in [3.63, 3.8) is 0 Å². The molecule has 3 amide bonds. The topological polar surface area (TPSA) is 81.2 Å². The molecule has 1 atom stereocenters. The van der Waals surface area contributed by atoms with Crippen molar-refractivity contribution in [1.82, 2.24) is 14.7 Å². The van der Waals surface area contributed by atoms with E-state index in [1.165, 1.54) is 0 Å². The molecule has 0 radical (unpaired) electrons. The van der Waals surface area contributed by atoms with E-state index in [0.717, 1.165) is 12.8 Å². The van der Waals surface area contributed by atoms with Gasteiger partial charge in [-0.2, -0.15) is 0 Å². The number of carbonyl (C=O) groups excluding carboxylic acids is 3. The molecular weight excluding hydrogens is 346 g/mol. The molecule has 1 N–H and O–H groups in total. The quantitative estimate of drug-likeness (QED) is 0.846. The first kappa shape index (κ1) is 19.4. The van der Waals surface area contributed by atoms with Crippen LogP contribution >= 0.6 is 0 Å². The number of nitrogens with zero attached hydrogens (tertiary/aromatic N) is 3. The lowest BCUT2D eigenvalue weighted by Gasteiger charge is -2.29. The molecule has 1 aromatic rings. The summed E-state index contributed by atoms with van der Waals surface area (Å²) in [7, 11) is 0. The molecule has 2 aliphatic rings. The SMILES string of the molecule is O=C(CN1CCCCC1=O)N1CCCN(C(=O)C(O)c2ccccc2)CC1. The number of aliphatic hydroxyl groups excluding tert-OH is 1. The highest BCUT2D eigenvalue weighted by atomic mass is 16.3. The number of piperidine rings is 1. The van der Waals surface area contributed by atoms with Crippen molar-refractivity contribution in [3.05, 3.63) is 35.9 Å². The molecule has 0 spiro atoms. The highest BCUT2D eigenvalue weighted by molar-refractivity contribution is 5.85. The van der Waals surface area contributed by atoms with E-state index < -0.39 is 6.10 Å². The summed E-state index contributed by atoms with van der Waals surface area (Å²) in [5.74, 6) is -0.350. The molecule has 7 nitrogen and oxygen atoms in total. The van der Waals surface area contributed by atoms with Gasteiger partial charge in [-0.3, -0.25) is 14.4 Å². The van der Waals surface area contributed by atoms with Crippen molar-refractivity contribution in [2.24, 2.45) is 0 Å². The van der Waals surface area contributed by atoms with Crippen molar-refractivity contribution in [3.8, 4) is 0 Å². The maximum Gasteiger partial charge on any atom is 0.256 e. The van der Waals surface area contributed by atoms with E-state index in [9.17, 15) is 19.5 Å². The average Bonchev–Trinajstić information content (AvgIpc) is 2.95. The summed E-state index contributed by atoms with van der Waals surface area (Å²) >= 11 is 0. The molecule has 1 unspecified atom stereocenters. The molecule has 2 heterocycles. The third-order valence-corrected chi connectivity index (χ3v) is 5.26. The second-order valence-corrected chi connectivity index (χ2v) is 7.15. The molecule has 2 saturated heterocycles. The number of likely N-dealkylation sites (tertiary alicyclic amines) is 1. The summed E-state index contributed by atoms with van der Waals surface area (Å²) < 4.78 is 0. The lowest BCUT2D eigenvalue weighted by molar-refractivity contribution is -0.142. The molecule has 27 heavy (non-hydrogen) atoms. The molecule has 1 aromatic carbocycles. The van der Waals surface area contributed by atoms with E-state index in [-0.39, 0.29) is 24.3 Å². The first-order valence-electron chi connectivity index (χ1n) is 9.63. The van der Waals surface area contributed by atoms with Gasteiger partial charge >= 0.3 is 0 Å².